The van der Waals surface area contributed by atoms with E-state index in [0.29, 0.717) is 0 Å². The molecule has 14 heavy (non-hydrogen) atoms. The second kappa shape index (κ2) is 7.02. The van der Waals surface area contributed by atoms with Gasteiger partial charge >= 0.3 is 0 Å². The van der Waals surface area contributed by atoms with Crippen molar-refractivity contribution in [2.24, 2.45) is 5.92 Å². The number of hydrogen-bond acceptors (Lipinski definition) is 2. The monoisotopic (exact) mass is 197 g/mol. The van der Waals surface area contributed by atoms with Gasteiger partial charge in [-0.15, -0.1) is 0 Å². The van der Waals surface area contributed by atoms with Gasteiger partial charge in [-0.05, 0) is 45.2 Å². The van der Waals surface area contributed by atoms with Crippen molar-refractivity contribution in [1.29, 1.82) is 0 Å². The van der Waals surface area contributed by atoms with Crippen LogP contribution in [-0.2, 0) is 4.74 Å². The van der Waals surface area contributed by atoms with Crippen molar-refractivity contribution >= 4 is 0 Å². The highest BCUT2D eigenvalue weighted by Crippen LogP contribution is 2.14. The average Bonchev–Trinajstić information content (AvgIpc) is 2.40. The molecule has 1 heterocycles. The van der Waals surface area contributed by atoms with Gasteiger partial charge in [0, 0.05) is 6.61 Å². The first-order chi connectivity index (χ1) is 6.79. The molecule has 82 valence electrons. The summed E-state index contributed by atoms with van der Waals surface area (Å²) in [5, 5.41) is 3.47. The molecule has 1 saturated heterocycles. The van der Waals surface area contributed by atoms with E-state index in [4.69, 9.17) is 4.74 Å². The number of hydrogen-bond donors (Lipinski definition) is 1. The van der Waals surface area contributed by atoms with Crippen LogP contribution in [0.3, 0.4) is 0 Å². The number of ether oxygens (including phenoxy) is 1. The molecule has 0 bridgehead atoms. The van der Waals surface area contributed by atoms with E-state index in [0.717, 1.165) is 24.7 Å². The van der Waals surface area contributed by atoms with Crippen LogP contribution in [0.15, 0.2) is 12.2 Å². The van der Waals surface area contributed by atoms with E-state index in [-0.39, 0.29) is 0 Å². The number of rotatable bonds is 5. The molecule has 2 heteroatoms. The van der Waals surface area contributed by atoms with Crippen LogP contribution in [0, 0.1) is 5.92 Å². The average molecular weight is 197 g/mol. The Morgan fingerprint density at radius 3 is 3.14 bits per heavy atom. The van der Waals surface area contributed by atoms with Crippen LogP contribution in [0.5, 0.6) is 0 Å². The summed E-state index contributed by atoms with van der Waals surface area (Å²) in [5.74, 6) is 0.822. The summed E-state index contributed by atoms with van der Waals surface area (Å²) in [6.45, 7) is 9.81. The van der Waals surface area contributed by atoms with Crippen molar-refractivity contribution in [2.75, 3.05) is 26.3 Å². The van der Waals surface area contributed by atoms with Crippen LogP contribution in [0.4, 0.5) is 0 Å². The Hall–Kier alpha value is -0.340. The molecule has 1 aliphatic rings. The van der Waals surface area contributed by atoms with Crippen LogP contribution in [0.2, 0.25) is 0 Å². The van der Waals surface area contributed by atoms with Gasteiger partial charge in [-0.3, -0.25) is 0 Å². The van der Waals surface area contributed by atoms with Crippen molar-refractivity contribution in [2.45, 2.75) is 32.6 Å². The van der Waals surface area contributed by atoms with Crippen molar-refractivity contribution < 1.29 is 4.74 Å². The first-order valence-electron chi connectivity index (χ1n) is 5.72. The topological polar surface area (TPSA) is 21.3 Å². The molecule has 0 spiro atoms. The maximum absolute atomic E-state index is 5.51. The molecule has 1 atom stereocenters. The molecular weight excluding hydrogens is 174 g/mol. The third kappa shape index (κ3) is 5.40. The number of nitrogens with one attached hydrogen (secondary N) is 1. The zero-order valence-electron chi connectivity index (χ0n) is 9.35. The van der Waals surface area contributed by atoms with Gasteiger partial charge in [0.2, 0.25) is 0 Å². The van der Waals surface area contributed by atoms with Gasteiger partial charge in [0.15, 0.2) is 0 Å². The summed E-state index contributed by atoms with van der Waals surface area (Å²) in [6.07, 6.45) is 5.27. The van der Waals surface area contributed by atoms with E-state index < -0.39 is 0 Å². The Balaban J connectivity index is 2.01. The highest BCUT2D eigenvalue weighted by atomic mass is 16.5. The summed E-state index contributed by atoms with van der Waals surface area (Å²) in [6, 6.07) is 0. The molecule has 1 N–H and O–H groups in total. The normalized spacial score (nSPS) is 23.1. The Morgan fingerprint density at radius 2 is 2.36 bits per heavy atom. The predicted octanol–water partition coefficient (Wildman–Crippen LogP) is 2.36. The van der Waals surface area contributed by atoms with Crippen LogP contribution < -0.4 is 5.32 Å². The fraction of sp³-hybridized carbons (Fsp3) is 0.833. The van der Waals surface area contributed by atoms with Gasteiger partial charge in [0.25, 0.3) is 0 Å². The Labute approximate surface area is 87.7 Å². The summed E-state index contributed by atoms with van der Waals surface area (Å²) in [7, 11) is 0. The summed E-state index contributed by atoms with van der Waals surface area (Å²) < 4.78 is 5.51. The minimum atomic E-state index is 0.722. The second-order valence-corrected chi connectivity index (χ2v) is 4.36. The third-order valence-corrected chi connectivity index (χ3v) is 2.67. The quantitative estimate of drug-likeness (QED) is 0.539. The first kappa shape index (κ1) is 11.7. The van der Waals surface area contributed by atoms with Crippen molar-refractivity contribution in [3.63, 3.8) is 0 Å². The summed E-state index contributed by atoms with van der Waals surface area (Å²) >= 11 is 0. The molecule has 0 aromatic rings. The lowest BCUT2D eigenvalue weighted by atomic mass is 10.0. The fourth-order valence-corrected chi connectivity index (χ4v) is 1.83. The maximum atomic E-state index is 5.51. The molecule has 2 nitrogen and oxygen atoms in total. The largest absolute Gasteiger partial charge is 0.377 e. The van der Waals surface area contributed by atoms with Crippen LogP contribution in [0.25, 0.3) is 0 Å². The molecule has 0 aromatic carbocycles. The predicted molar refractivity (Wildman–Crippen MR) is 60.5 cm³/mol. The van der Waals surface area contributed by atoms with E-state index in [9.17, 15) is 0 Å². The molecule has 1 unspecified atom stereocenters. The zero-order chi connectivity index (χ0) is 10.2. The van der Waals surface area contributed by atoms with Gasteiger partial charge in [-0.25, -0.2) is 0 Å². The van der Waals surface area contributed by atoms with E-state index in [1.165, 1.54) is 38.8 Å². The molecule has 0 radical (unpaired) electrons. The second-order valence-electron chi connectivity index (χ2n) is 4.36. The van der Waals surface area contributed by atoms with Gasteiger partial charge in [0.1, 0.15) is 0 Å². The highest BCUT2D eigenvalue weighted by Gasteiger charge is 2.10. The lowest BCUT2D eigenvalue weighted by Crippen LogP contribution is -2.21. The van der Waals surface area contributed by atoms with E-state index in [2.05, 4.69) is 11.9 Å². The molecule has 0 aromatic heterocycles. The van der Waals surface area contributed by atoms with E-state index in [1.54, 1.807) is 0 Å². The van der Waals surface area contributed by atoms with Crippen LogP contribution in [0.1, 0.15) is 32.6 Å². The SMILES string of the molecule is C=C(C)COCCC1CCCCNC1. The third-order valence-electron chi connectivity index (χ3n) is 2.67. The molecule has 0 amide bonds. The van der Waals surface area contributed by atoms with Gasteiger partial charge in [0.05, 0.1) is 6.61 Å². The maximum Gasteiger partial charge on any atom is 0.0671 e. The van der Waals surface area contributed by atoms with E-state index >= 15 is 0 Å². The molecule has 0 saturated carbocycles. The minimum absolute atomic E-state index is 0.722. The Bertz CT molecular complexity index is 160. The van der Waals surface area contributed by atoms with Gasteiger partial charge in [-0.2, -0.15) is 0 Å². The Morgan fingerprint density at radius 1 is 1.50 bits per heavy atom. The first-order valence-corrected chi connectivity index (χ1v) is 5.72. The zero-order valence-corrected chi connectivity index (χ0v) is 9.35. The summed E-state index contributed by atoms with van der Waals surface area (Å²) in [5.41, 5.74) is 1.11. The standard InChI is InChI=1S/C12H23NO/c1-11(2)10-14-8-6-12-5-3-4-7-13-9-12/h12-13H,1,3-10H2,2H3. The molecule has 0 aliphatic carbocycles. The van der Waals surface area contributed by atoms with Crippen molar-refractivity contribution in [3.05, 3.63) is 12.2 Å². The van der Waals surface area contributed by atoms with Crippen molar-refractivity contribution in [1.82, 2.24) is 5.32 Å². The highest BCUT2D eigenvalue weighted by molar-refractivity contribution is 4.87. The smallest absolute Gasteiger partial charge is 0.0671 e. The fourth-order valence-electron chi connectivity index (χ4n) is 1.83. The van der Waals surface area contributed by atoms with Gasteiger partial charge < -0.3 is 10.1 Å². The lowest BCUT2D eigenvalue weighted by Gasteiger charge is -2.13. The van der Waals surface area contributed by atoms with Gasteiger partial charge in [-0.1, -0.05) is 18.6 Å². The molecule has 1 fully saturated rings. The molecular formula is C12H23NO. The van der Waals surface area contributed by atoms with E-state index in [1.807, 2.05) is 6.92 Å². The van der Waals surface area contributed by atoms with Crippen LogP contribution >= 0.6 is 0 Å². The lowest BCUT2D eigenvalue weighted by molar-refractivity contribution is 0.139. The molecule has 1 rings (SSSR count). The molecule has 1 aliphatic heterocycles. The Kier molecular flexibility index (Phi) is 5.88. The summed E-state index contributed by atoms with van der Waals surface area (Å²) in [4.78, 5) is 0. The van der Waals surface area contributed by atoms with Crippen LogP contribution in [-0.4, -0.2) is 26.3 Å². The van der Waals surface area contributed by atoms with Crippen molar-refractivity contribution in [3.8, 4) is 0 Å². The minimum Gasteiger partial charge on any atom is -0.377 e.